The van der Waals surface area contributed by atoms with Crippen LogP contribution in [0, 0.1) is 5.92 Å². The molecule has 4 atom stereocenters. The summed E-state index contributed by atoms with van der Waals surface area (Å²) in [4.78, 5) is 0. The van der Waals surface area contributed by atoms with Gasteiger partial charge in [-0.25, -0.2) is 0 Å². The molecule has 2 saturated carbocycles. The van der Waals surface area contributed by atoms with Crippen LogP contribution >= 0.6 is 0 Å². The summed E-state index contributed by atoms with van der Waals surface area (Å²) >= 11 is 0. The molecule has 3 nitrogen and oxygen atoms in total. The third kappa shape index (κ3) is 3.16. The molecule has 2 fully saturated rings. The van der Waals surface area contributed by atoms with Crippen LogP contribution in [-0.4, -0.2) is 35.0 Å². The topological polar surface area (TPSA) is 52.5 Å². The van der Waals surface area contributed by atoms with Crippen molar-refractivity contribution in [3.8, 4) is 0 Å². The zero-order chi connectivity index (χ0) is 10.7. The number of nitrogens with one attached hydrogen (secondary N) is 1. The Bertz CT molecular complexity index is 198. The first-order chi connectivity index (χ1) is 7.25. The molecule has 0 heterocycles. The second-order valence-electron chi connectivity index (χ2n) is 5.20. The van der Waals surface area contributed by atoms with Crippen molar-refractivity contribution in [3.63, 3.8) is 0 Å². The van der Waals surface area contributed by atoms with Crippen molar-refractivity contribution in [1.29, 1.82) is 0 Å². The predicted molar refractivity (Wildman–Crippen MR) is 59.6 cm³/mol. The van der Waals surface area contributed by atoms with Gasteiger partial charge in [0.15, 0.2) is 0 Å². The molecule has 0 aromatic rings. The maximum atomic E-state index is 9.78. The van der Waals surface area contributed by atoms with Gasteiger partial charge in [-0.15, -0.1) is 0 Å². The molecule has 0 saturated heterocycles. The van der Waals surface area contributed by atoms with Crippen LogP contribution in [0.25, 0.3) is 0 Å². The first-order valence-electron chi connectivity index (χ1n) is 6.35. The number of aliphatic hydroxyl groups is 2. The lowest BCUT2D eigenvalue weighted by atomic mass is 9.92. The van der Waals surface area contributed by atoms with E-state index in [-0.39, 0.29) is 12.2 Å². The van der Waals surface area contributed by atoms with Crippen LogP contribution in [0.15, 0.2) is 0 Å². The number of hydrogen-bond acceptors (Lipinski definition) is 3. The lowest BCUT2D eigenvalue weighted by molar-refractivity contribution is 0.0884. The van der Waals surface area contributed by atoms with E-state index in [0.29, 0.717) is 12.0 Å². The summed E-state index contributed by atoms with van der Waals surface area (Å²) in [5.41, 5.74) is 0. The molecule has 15 heavy (non-hydrogen) atoms. The van der Waals surface area contributed by atoms with E-state index >= 15 is 0 Å². The maximum absolute atomic E-state index is 9.78. The van der Waals surface area contributed by atoms with E-state index in [9.17, 15) is 10.2 Å². The molecule has 0 spiro atoms. The predicted octanol–water partition coefficient (Wildman–Crippen LogP) is 1.04. The lowest BCUT2D eigenvalue weighted by Gasteiger charge is -2.29. The standard InChI is InChI=1S/C12H23NO2/c14-10-6-5-9(7-10)8-13-11-3-1-2-4-12(11)15/h9-15H,1-8H2/t9?,10?,11-,12-/m0/s1. The van der Waals surface area contributed by atoms with E-state index in [0.717, 1.165) is 38.6 Å². The molecule has 0 amide bonds. The van der Waals surface area contributed by atoms with Gasteiger partial charge in [0, 0.05) is 6.04 Å². The van der Waals surface area contributed by atoms with E-state index in [1.165, 1.54) is 12.8 Å². The van der Waals surface area contributed by atoms with E-state index in [4.69, 9.17) is 0 Å². The minimum absolute atomic E-state index is 0.0759. The summed E-state index contributed by atoms with van der Waals surface area (Å²) in [6.07, 6.45) is 7.27. The first kappa shape index (κ1) is 11.4. The molecule has 2 rings (SSSR count). The Kier molecular flexibility index (Phi) is 4.00. The van der Waals surface area contributed by atoms with Crippen LogP contribution in [-0.2, 0) is 0 Å². The summed E-state index contributed by atoms with van der Waals surface area (Å²) in [7, 11) is 0. The van der Waals surface area contributed by atoms with Gasteiger partial charge in [-0.3, -0.25) is 0 Å². The van der Waals surface area contributed by atoms with Crippen molar-refractivity contribution in [1.82, 2.24) is 5.32 Å². The van der Waals surface area contributed by atoms with Crippen molar-refractivity contribution >= 4 is 0 Å². The Morgan fingerprint density at radius 3 is 2.47 bits per heavy atom. The second-order valence-corrected chi connectivity index (χ2v) is 5.20. The first-order valence-corrected chi connectivity index (χ1v) is 6.35. The zero-order valence-electron chi connectivity index (χ0n) is 9.36. The van der Waals surface area contributed by atoms with Gasteiger partial charge in [-0.05, 0) is 44.6 Å². The Hall–Kier alpha value is -0.120. The number of hydrogen-bond donors (Lipinski definition) is 3. The van der Waals surface area contributed by atoms with Crippen molar-refractivity contribution in [3.05, 3.63) is 0 Å². The van der Waals surface area contributed by atoms with Gasteiger partial charge in [-0.1, -0.05) is 12.8 Å². The van der Waals surface area contributed by atoms with E-state index in [1.54, 1.807) is 0 Å². The summed E-state index contributed by atoms with van der Waals surface area (Å²) in [5.74, 6) is 0.620. The molecule has 0 aromatic heterocycles. The van der Waals surface area contributed by atoms with Gasteiger partial charge in [-0.2, -0.15) is 0 Å². The largest absolute Gasteiger partial charge is 0.393 e. The Labute approximate surface area is 91.9 Å². The van der Waals surface area contributed by atoms with Crippen LogP contribution in [0.4, 0.5) is 0 Å². The van der Waals surface area contributed by atoms with E-state index < -0.39 is 0 Å². The van der Waals surface area contributed by atoms with Crippen molar-refractivity contribution in [2.75, 3.05) is 6.54 Å². The molecular formula is C12H23NO2. The lowest BCUT2D eigenvalue weighted by Crippen LogP contribution is -2.43. The molecule has 3 heteroatoms. The highest BCUT2D eigenvalue weighted by Gasteiger charge is 2.26. The second kappa shape index (κ2) is 5.28. The molecule has 0 aliphatic heterocycles. The Morgan fingerprint density at radius 1 is 1.00 bits per heavy atom. The minimum atomic E-state index is -0.148. The molecule has 0 radical (unpaired) electrons. The zero-order valence-corrected chi connectivity index (χ0v) is 9.36. The highest BCUT2D eigenvalue weighted by Crippen LogP contribution is 2.25. The van der Waals surface area contributed by atoms with E-state index in [2.05, 4.69) is 5.32 Å². The monoisotopic (exact) mass is 213 g/mol. The summed E-state index contributed by atoms with van der Waals surface area (Å²) in [6.45, 7) is 0.971. The minimum Gasteiger partial charge on any atom is -0.393 e. The van der Waals surface area contributed by atoms with Crippen LogP contribution in [0.2, 0.25) is 0 Å². The van der Waals surface area contributed by atoms with Crippen LogP contribution in [0.3, 0.4) is 0 Å². The third-order valence-corrected chi connectivity index (χ3v) is 3.91. The average Bonchev–Trinajstić information content (AvgIpc) is 2.63. The summed E-state index contributed by atoms with van der Waals surface area (Å²) in [6, 6.07) is 0.302. The van der Waals surface area contributed by atoms with Gasteiger partial charge in [0.05, 0.1) is 12.2 Å². The molecule has 2 aliphatic carbocycles. The maximum Gasteiger partial charge on any atom is 0.0693 e. The fourth-order valence-electron chi connectivity index (χ4n) is 2.90. The van der Waals surface area contributed by atoms with Gasteiger partial charge in [0.25, 0.3) is 0 Å². The fourth-order valence-corrected chi connectivity index (χ4v) is 2.90. The van der Waals surface area contributed by atoms with Crippen LogP contribution < -0.4 is 5.32 Å². The highest BCUT2D eigenvalue weighted by molar-refractivity contribution is 4.83. The fraction of sp³-hybridized carbons (Fsp3) is 1.00. The SMILES string of the molecule is OC1CCC(CN[C@H]2CCCC[C@@H]2O)C1. The van der Waals surface area contributed by atoms with Crippen molar-refractivity contribution < 1.29 is 10.2 Å². The average molecular weight is 213 g/mol. The molecule has 2 unspecified atom stereocenters. The molecule has 2 aliphatic rings. The Balaban J connectivity index is 1.68. The van der Waals surface area contributed by atoms with Crippen LogP contribution in [0.1, 0.15) is 44.9 Å². The molecule has 3 N–H and O–H groups in total. The number of aliphatic hydroxyl groups excluding tert-OH is 2. The van der Waals surface area contributed by atoms with Crippen LogP contribution in [0.5, 0.6) is 0 Å². The highest BCUT2D eigenvalue weighted by atomic mass is 16.3. The Morgan fingerprint density at radius 2 is 1.80 bits per heavy atom. The van der Waals surface area contributed by atoms with Gasteiger partial charge in [0.2, 0.25) is 0 Å². The smallest absolute Gasteiger partial charge is 0.0693 e. The normalized spacial score (nSPS) is 42.0. The quantitative estimate of drug-likeness (QED) is 0.656. The molecular weight excluding hydrogens is 190 g/mol. The molecule has 0 aromatic carbocycles. The summed E-state index contributed by atoms with van der Waals surface area (Å²) < 4.78 is 0. The summed E-state index contributed by atoms with van der Waals surface area (Å²) in [5, 5.41) is 22.7. The van der Waals surface area contributed by atoms with Gasteiger partial charge < -0.3 is 15.5 Å². The van der Waals surface area contributed by atoms with Gasteiger partial charge in [0.1, 0.15) is 0 Å². The third-order valence-electron chi connectivity index (χ3n) is 3.91. The van der Waals surface area contributed by atoms with E-state index in [1.807, 2.05) is 0 Å². The van der Waals surface area contributed by atoms with Crippen molar-refractivity contribution in [2.45, 2.75) is 63.2 Å². The number of rotatable bonds is 3. The van der Waals surface area contributed by atoms with Gasteiger partial charge >= 0.3 is 0 Å². The molecule has 88 valence electrons. The van der Waals surface area contributed by atoms with Crippen molar-refractivity contribution in [2.24, 2.45) is 5.92 Å². The molecule has 0 bridgehead atoms.